The predicted octanol–water partition coefficient (Wildman–Crippen LogP) is 4.67. The van der Waals surface area contributed by atoms with E-state index in [0.717, 1.165) is 29.5 Å². The third kappa shape index (κ3) is 5.03. The molecule has 2 heterocycles. The van der Waals surface area contributed by atoms with Crippen molar-refractivity contribution in [3.63, 3.8) is 0 Å². The summed E-state index contributed by atoms with van der Waals surface area (Å²) in [5, 5.41) is 7.08. The van der Waals surface area contributed by atoms with E-state index in [-0.39, 0.29) is 11.5 Å². The number of methoxy groups -OCH3 is 1. The monoisotopic (exact) mass is 424 g/mol. The van der Waals surface area contributed by atoms with Gasteiger partial charge in [-0.25, -0.2) is 0 Å². The molecule has 0 aliphatic heterocycles. The quantitative estimate of drug-likeness (QED) is 0.534. The Hall–Kier alpha value is -3.39. The van der Waals surface area contributed by atoms with Crippen molar-refractivity contribution in [1.29, 1.82) is 0 Å². The molecule has 0 atom stereocenters. The molecule has 31 heavy (non-hydrogen) atoms. The van der Waals surface area contributed by atoms with E-state index in [9.17, 15) is 13.6 Å². The van der Waals surface area contributed by atoms with Crippen molar-refractivity contribution in [3.8, 4) is 11.1 Å². The minimum Gasteiger partial charge on any atom is -0.378 e. The van der Waals surface area contributed by atoms with Crippen LogP contribution in [0.3, 0.4) is 0 Å². The third-order valence-corrected chi connectivity index (χ3v) is 5.00. The van der Waals surface area contributed by atoms with Crippen LogP contribution in [0.1, 0.15) is 30.0 Å². The summed E-state index contributed by atoms with van der Waals surface area (Å²) in [6.07, 6.45) is 12.6. The second-order valence-corrected chi connectivity index (χ2v) is 7.44. The molecule has 1 aliphatic rings. The summed E-state index contributed by atoms with van der Waals surface area (Å²) >= 11 is 0. The number of nitrogens with one attached hydrogen (secondary N) is 1. The van der Waals surface area contributed by atoms with Crippen molar-refractivity contribution in [2.24, 2.45) is 0 Å². The van der Waals surface area contributed by atoms with Gasteiger partial charge in [0.05, 0.1) is 12.2 Å². The average molecular weight is 424 g/mol. The number of hydrogen-bond donors (Lipinski definition) is 1. The summed E-state index contributed by atoms with van der Waals surface area (Å²) in [7, 11) is 1.22. The van der Waals surface area contributed by atoms with Crippen LogP contribution in [0, 0.1) is 0 Å². The minimum absolute atomic E-state index is 0.172. The Morgan fingerprint density at radius 3 is 2.74 bits per heavy atom. The van der Waals surface area contributed by atoms with Crippen molar-refractivity contribution in [3.05, 3.63) is 72.3 Å². The van der Waals surface area contributed by atoms with Gasteiger partial charge in [-0.2, -0.15) is 13.9 Å². The highest BCUT2D eigenvalue weighted by Gasteiger charge is 2.31. The SMILES string of the molecule is COCC(F)(F)c1ccc(NC(=O)/C=C/c2cnccc2-c2cnn(C3CC3)c2)cc1. The van der Waals surface area contributed by atoms with Crippen molar-refractivity contribution in [1.82, 2.24) is 14.8 Å². The van der Waals surface area contributed by atoms with Crippen LogP contribution in [0.25, 0.3) is 17.2 Å². The second-order valence-electron chi connectivity index (χ2n) is 7.44. The van der Waals surface area contributed by atoms with Crippen LogP contribution in [-0.4, -0.2) is 34.4 Å². The number of rotatable bonds is 8. The first-order valence-electron chi connectivity index (χ1n) is 9.91. The summed E-state index contributed by atoms with van der Waals surface area (Å²) in [6.45, 7) is -0.700. The van der Waals surface area contributed by atoms with Gasteiger partial charge >= 0.3 is 0 Å². The molecule has 0 saturated heterocycles. The number of hydrogen-bond acceptors (Lipinski definition) is 4. The molecular weight excluding hydrogens is 402 g/mol. The van der Waals surface area contributed by atoms with Gasteiger partial charge in [-0.05, 0) is 42.7 Å². The lowest BCUT2D eigenvalue weighted by atomic mass is 10.0. The Balaban J connectivity index is 1.44. The maximum absolute atomic E-state index is 13.9. The Morgan fingerprint density at radius 2 is 2.03 bits per heavy atom. The van der Waals surface area contributed by atoms with E-state index in [0.29, 0.717) is 11.7 Å². The second kappa shape index (κ2) is 8.77. The number of ether oxygens (including phenoxy) is 1. The van der Waals surface area contributed by atoms with Crippen molar-refractivity contribution in [2.75, 3.05) is 19.0 Å². The number of nitrogens with zero attached hydrogens (tertiary/aromatic N) is 3. The highest BCUT2D eigenvalue weighted by atomic mass is 19.3. The molecule has 6 nitrogen and oxygen atoms in total. The smallest absolute Gasteiger partial charge is 0.296 e. The molecule has 4 rings (SSSR count). The summed E-state index contributed by atoms with van der Waals surface area (Å²) in [5.41, 5.74) is 2.92. The highest BCUT2D eigenvalue weighted by Crippen LogP contribution is 2.35. The standard InChI is InChI=1S/C23H22F2N4O2/c1-31-15-23(24,25)18-3-5-19(6-4-18)28-22(30)9-2-16-12-26-11-10-21(16)17-13-27-29(14-17)20-7-8-20/h2-6,9-14,20H,7-8,15H2,1H3,(H,28,30)/b9-2+. The molecule has 0 radical (unpaired) electrons. The number of pyridine rings is 1. The molecule has 1 N–H and O–H groups in total. The number of alkyl halides is 2. The van der Waals surface area contributed by atoms with E-state index >= 15 is 0 Å². The third-order valence-electron chi connectivity index (χ3n) is 5.00. The summed E-state index contributed by atoms with van der Waals surface area (Å²) in [4.78, 5) is 16.5. The van der Waals surface area contributed by atoms with Crippen LogP contribution in [0.2, 0.25) is 0 Å². The number of halogens is 2. The molecule has 3 aromatic rings. The molecule has 1 saturated carbocycles. The zero-order valence-electron chi connectivity index (χ0n) is 17.0. The number of benzene rings is 1. The molecule has 1 aromatic carbocycles. The lowest BCUT2D eigenvalue weighted by Crippen LogP contribution is -2.20. The van der Waals surface area contributed by atoms with E-state index in [1.54, 1.807) is 18.5 Å². The van der Waals surface area contributed by atoms with Gasteiger partial charge < -0.3 is 10.1 Å². The first-order chi connectivity index (χ1) is 15.0. The van der Waals surface area contributed by atoms with E-state index in [2.05, 4.69) is 20.1 Å². The van der Waals surface area contributed by atoms with Gasteiger partial charge in [-0.1, -0.05) is 12.1 Å². The van der Waals surface area contributed by atoms with E-state index in [1.165, 1.54) is 37.5 Å². The fourth-order valence-corrected chi connectivity index (χ4v) is 3.23. The van der Waals surface area contributed by atoms with E-state index < -0.39 is 12.5 Å². The van der Waals surface area contributed by atoms with Crippen molar-refractivity contribution >= 4 is 17.7 Å². The first kappa shape index (κ1) is 20.9. The van der Waals surface area contributed by atoms with Crippen molar-refractivity contribution in [2.45, 2.75) is 24.8 Å². The molecule has 1 amide bonds. The lowest BCUT2D eigenvalue weighted by molar-refractivity contribution is -0.111. The maximum atomic E-state index is 13.9. The minimum atomic E-state index is -3.08. The number of aromatic nitrogens is 3. The Kier molecular flexibility index (Phi) is 5.90. The van der Waals surface area contributed by atoms with Crippen LogP contribution >= 0.6 is 0 Å². The Bertz CT molecular complexity index is 1090. The lowest BCUT2D eigenvalue weighted by Gasteiger charge is -2.15. The molecule has 8 heteroatoms. The largest absolute Gasteiger partial charge is 0.378 e. The molecule has 1 fully saturated rings. The van der Waals surface area contributed by atoms with Gasteiger partial charge in [0.2, 0.25) is 5.91 Å². The maximum Gasteiger partial charge on any atom is 0.296 e. The molecule has 0 bridgehead atoms. The first-order valence-corrected chi connectivity index (χ1v) is 9.91. The molecule has 160 valence electrons. The summed E-state index contributed by atoms with van der Waals surface area (Å²) in [6, 6.07) is 7.79. The number of amides is 1. The molecule has 2 aromatic heterocycles. The number of carbonyl (C=O) groups excluding carboxylic acids is 1. The van der Waals surface area contributed by atoms with Gasteiger partial charge in [0.15, 0.2) is 0 Å². The highest BCUT2D eigenvalue weighted by molar-refractivity contribution is 6.02. The van der Waals surface area contributed by atoms with Gasteiger partial charge in [0.25, 0.3) is 5.92 Å². The van der Waals surface area contributed by atoms with E-state index in [4.69, 9.17) is 0 Å². The van der Waals surface area contributed by atoms with Crippen LogP contribution < -0.4 is 5.32 Å². The van der Waals surface area contributed by atoms with Gasteiger partial charge in [-0.3, -0.25) is 14.5 Å². The number of anilines is 1. The molecular formula is C23H22F2N4O2. The normalized spacial score (nSPS) is 14.2. The van der Waals surface area contributed by atoms with Gasteiger partial charge in [0.1, 0.15) is 6.61 Å². The van der Waals surface area contributed by atoms with Crippen LogP contribution in [0.4, 0.5) is 14.5 Å². The topological polar surface area (TPSA) is 69.0 Å². The predicted molar refractivity (Wildman–Crippen MR) is 114 cm³/mol. The van der Waals surface area contributed by atoms with Crippen molar-refractivity contribution < 1.29 is 18.3 Å². The fraction of sp³-hybridized carbons (Fsp3) is 0.261. The van der Waals surface area contributed by atoms with Crippen LogP contribution in [0.15, 0.2) is 61.2 Å². The Labute approximate surface area is 178 Å². The van der Waals surface area contributed by atoms with Gasteiger partial charge in [-0.15, -0.1) is 0 Å². The zero-order chi connectivity index (χ0) is 21.8. The summed E-state index contributed by atoms with van der Waals surface area (Å²) in [5.74, 6) is -3.46. The summed E-state index contributed by atoms with van der Waals surface area (Å²) < 4.78 is 34.2. The Morgan fingerprint density at radius 1 is 1.26 bits per heavy atom. The van der Waals surface area contributed by atoms with Gasteiger partial charge in [0, 0.05) is 54.2 Å². The van der Waals surface area contributed by atoms with E-state index in [1.807, 2.05) is 23.1 Å². The van der Waals surface area contributed by atoms with Crippen LogP contribution in [0.5, 0.6) is 0 Å². The molecule has 0 unspecified atom stereocenters. The average Bonchev–Trinajstić information content (AvgIpc) is 3.50. The molecule has 1 aliphatic carbocycles. The zero-order valence-corrected chi connectivity index (χ0v) is 17.0. The fourth-order valence-electron chi connectivity index (χ4n) is 3.23. The molecule has 0 spiro atoms. The van der Waals surface area contributed by atoms with Crippen LogP contribution in [-0.2, 0) is 15.5 Å². The number of carbonyl (C=O) groups is 1.